The van der Waals surface area contributed by atoms with E-state index in [2.05, 4.69) is 15.2 Å². The molecule has 0 aliphatic heterocycles. The summed E-state index contributed by atoms with van der Waals surface area (Å²) in [5.74, 6) is 0.708. The van der Waals surface area contributed by atoms with Gasteiger partial charge in [0.25, 0.3) is 5.69 Å². The van der Waals surface area contributed by atoms with E-state index in [9.17, 15) is 10.1 Å². The van der Waals surface area contributed by atoms with Crippen molar-refractivity contribution in [3.63, 3.8) is 0 Å². The highest BCUT2D eigenvalue weighted by molar-refractivity contribution is 7.99. The molecule has 2 heterocycles. The number of hydrogen-bond donors (Lipinski definition) is 0. The first-order valence-corrected chi connectivity index (χ1v) is 8.70. The second kappa shape index (κ2) is 6.57. The summed E-state index contributed by atoms with van der Waals surface area (Å²) in [4.78, 5) is 15.4. The van der Waals surface area contributed by atoms with Gasteiger partial charge in [-0.2, -0.15) is 5.26 Å². The van der Waals surface area contributed by atoms with Crippen LogP contribution < -0.4 is 0 Å². The van der Waals surface area contributed by atoms with E-state index in [0.717, 1.165) is 18.4 Å². The van der Waals surface area contributed by atoms with Crippen LogP contribution in [-0.2, 0) is 0 Å². The van der Waals surface area contributed by atoms with Crippen LogP contribution in [0.4, 0.5) is 5.69 Å². The van der Waals surface area contributed by atoms with E-state index in [1.165, 1.54) is 17.8 Å². The van der Waals surface area contributed by atoms with Gasteiger partial charge in [-0.15, -0.1) is 10.2 Å². The Bertz CT molecular complexity index is 1020. The Labute approximate surface area is 152 Å². The Kier molecular flexibility index (Phi) is 4.10. The molecule has 0 unspecified atom stereocenters. The van der Waals surface area contributed by atoms with E-state index in [0.29, 0.717) is 21.9 Å². The summed E-state index contributed by atoms with van der Waals surface area (Å²) in [6.07, 6.45) is 5.46. The van der Waals surface area contributed by atoms with Crippen molar-refractivity contribution in [3.8, 4) is 17.5 Å². The lowest BCUT2D eigenvalue weighted by Gasteiger charge is -2.08. The molecule has 128 valence electrons. The highest BCUT2D eigenvalue weighted by atomic mass is 32.2. The monoisotopic (exact) mass is 364 g/mol. The number of pyridine rings is 1. The van der Waals surface area contributed by atoms with E-state index < -0.39 is 4.92 Å². The van der Waals surface area contributed by atoms with Crippen LogP contribution in [0.2, 0.25) is 0 Å². The largest absolute Gasteiger partial charge is 0.299 e. The summed E-state index contributed by atoms with van der Waals surface area (Å²) < 4.78 is 2.02. The third-order valence-corrected chi connectivity index (χ3v) is 5.01. The van der Waals surface area contributed by atoms with Crippen molar-refractivity contribution in [1.82, 2.24) is 19.7 Å². The standard InChI is InChI=1S/C17H12N6O2S/c18-9-11-3-6-15(14(8-11)23(24)25)26-17-21-20-16(22(17)13-4-5-13)12-2-1-7-19-10-12/h1-3,6-8,10,13H,4-5H2. The molecular formula is C17H12N6O2S. The van der Waals surface area contributed by atoms with Gasteiger partial charge in [0.2, 0.25) is 0 Å². The predicted octanol–water partition coefficient (Wildman–Crippen LogP) is 3.61. The first-order chi connectivity index (χ1) is 12.7. The SMILES string of the molecule is N#Cc1ccc(Sc2nnc(-c3cccnc3)n2C2CC2)c([N+](=O)[O-])c1. The molecule has 4 rings (SSSR count). The molecule has 9 heteroatoms. The molecule has 0 amide bonds. The Morgan fingerprint density at radius 2 is 2.15 bits per heavy atom. The second-order valence-corrected chi connectivity index (χ2v) is 6.81. The number of nitro benzene ring substituents is 1. The lowest BCUT2D eigenvalue weighted by molar-refractivity contribution is -0.387. The summed E-state index contributed by atoms with van der Waals surface area (Å²) in [6, 6.07) is 10.4. The summed E-state index contributed by atoms with van der Waals surface area (Å²) in [7, 11) is 0. The summed E-state index contributed by atoms with van der Waals surface area (Å²) in [6.45, 7) is 0. The third-order valence-electron chi connectivity index (χ3n) is 3.98. The zero-order chi connectivity index (χ0) is 18.1. The van der Waals surface area contributed by atoms with Gasteiger partial charge in [0.15, 0.2) is 11.0 Å². The Balaban J connectivity index is 1.75. The van der Waals surface area contributed by atoms with Crippen LogP contribution in [0.15, 0.2) is 52.8 Å². The maximum atomic E-state index is 11.4. The molecule has 1 aliphatic carbocycles. The highest BCUT2D eigenvalue weighted by Gasteiger charge is 2.31. The topological polar surface area (TPSA) is 111 Å². The number of benzene rings is 1. The van der Waals surface area contributed by atoms with Crippen LogP contribution in [-0.4, -0.2) is 24.7 Å². The van der Waals surface area contributed by atoms with Crippen molar-refractivity contribution in [2.45, 2.75) is 28.9 Å². The van der Waals surface area contributed by atoms with Crippen LogP contribution in [0.1, 0.15) is 24.4 Å². The first-order valence-electron chi connectivity index (χ1n) is 7.89. The Hall–Kier alpha value is -3.25. The summed E-state index contributed by atoms with van der Waals surface area (Å²) in [5.41, 5.74) is 0.996. The molecule has 3 aromatic rings. The van der Waals surface area contributed by atoms with Gasteiger partial charge in [0, 0.05) is 30.1 Å². The van der Waals surface area contributed by atoms with Gasteiger partial charge in [-0.25, -0.2) is 0 Å². The van der Waals surface area contributed by atoms with Crippen molar-refractivity contribution >= 4 is 17.4 Å². The fourth-order valence-corrected chi connectivity index (χ4v) is 3.60. The highest BCUT2D eigenvalue weighted by Crippen LogP contribution is 2.43. The van der Waals surface area contributed by atoms with Gasteiger partial charge >= 0.3 is 0 Å². The summed E-state index contributed by atoms with van der Waals surface area (Å²) in [5, 5.41) is 29.5. The lowest BCUT2D eigenvalue weighted by Crippen LogP contribution is -2.00. The van der Waals surface area contributed by atoms with Gasteiger partial charge in [-0.05, 0) is 48.9 Å². The van der Waals surface area contributed by atoms with Crippen LogP contribution in [0, 0.1) is 21.4 Å². The van der Waals surface area contributed by atoms with E-state index >= 15 is 0 Å². The molecule has 8 nitrogen and oxygen atoms in total. The number of nitriles is 1. The fourth-order valence-electron chi connectivity index (χ4n) is 2.61. The molecule has 1 aromatic carbocycles. The van der Waals surface area contributed by atoms with E-state index in [1.807, 2.05) is 22.8 Å². The average Bonchev–Trinajstić information content (AvgIpc) is 3.42. The smallest absolute Gasteiger partial charge is 0.284 e. The number of hydrogen-bond acceptors (Lipinski definition) is 7. The van der Waals surface area contributed by atoms with Crippen molar-refractivity contribution < 1.29 is 4.92 Å². The molecule has 1 saturated carbocycles. The van der Waals surface area contributed by atoms with E-state index in [-0.39, 0.29) is 11.3 Å². The second-order valence-electron chi connectivity index (χ2n) is 5.80. The first kappa shape index (κ1) is 16.2. The van der Waals surface area contributed by atoms with Gasteiger partial charge in [-0.3, -0.25) is 19.7 Å². The molecule has 0 saturated heterocycles. The number of nitro groups is 1. The zero-order valence-corrected chi connectivity index (χ0v) is 14.3. The minimum atomic E-state index is -0.483. The molecule has 0 N–H and O–H groups in total. The van der Waals surface area contributed by atoms with E-state index in [1.54, 1.807) is 24.5 Å². The molecule has 26 heavy (non-hydrogen) atoms. The fraction of sp³-hybridized carbons (Fsp3) is 0.176. The normalized spacial score (nSPS) is 13.3. The van der Waals surface area contributed by atoms with Crippen LogP contribution in [0.5, 0.6) is 0 Å². The number of aromatic nitrogens is 4. The van der Waals surface area contributed by atoms with Crippen LogP contribution in [0.3, 0.4) is 0 Å². The number of nitrogens with zero attached hydrogens (tertiary/aromatic N) is 6. The third kappa shape index (κ3) is 3.02. The Morgan fingerprint density at radius 3 is 2.81 bits per heavy atom. The van der Waals surface area contributed by atoms with Gasteiger partial charge in [0.05, 0.1) is 21.5 Å². The Morgan fingerprint density at radius 1 is 1.31 bits per heavy atom. The molecule has 2 aromatic heterocycles. The maximum Gasteiger partial charge on any atom is 0.284 e. The molecule has 1 aliphatic rings. The number of rotatable bonds is 5. The lowest BCUT2D eigenvalue weighted by atomic mass is 10.2. The zero-order valence-electron chi connectivity index (χ0n) is 13.4. The van der Waals surface area contributed by atoms with Gasteiger partial charge in [-0.1, -0.05) is 0 Å². The van der Waals surface area contributed by atoms with Crippen molar-refractivity contribution in [2.24, 2.45) is 0 Å². The quantitative estimate of drug-likeness (QED) is 0.502. The van der Waals surface area contributed by atoms with Gasteiger partial charge in [0.1, 0.15) is 0 Å². The molecule has 0 atom stereocenters. The van der Waals surface area contributed by atoms with E-state index in [4.69, 9.17) is 5.26 Å². The maximum absolute atomic E-state index is 11.4. The van der Waals surface area contributed by atoms with Crippen molar-refractivity contribution in [3.05, 3.63) is 58.4 Å². The van der Waals surface area contributed by atoms with Crippen molar-refractivity contribution in [1.29, 1.82) is 5.26 Å². The minimum Gasteiger partial charge on any atom is -0.299 e. The molecule has 0 radical (unpaired) electrons. The molecule has 1 fully saturated rings. The summed E-state index contributed by atoms with van der Waals surface area (Å²) >= 11 is 1.19. The molecule has 0 bridgehead atoms. The van der Waals surface area contributed by atoms with Crippen molar-refractivity contribution in [2.75, 3.05) is 0 Å². The molecular weight excluding hydrogens is 352 g/mol. The minimum absolute atomic E-state index is 0.109. The van der Waals surface area contributed by atoms with Crippen LogP contribution >= 0.6 is 11.8 Å². The predicted molar refractivity (Wildman–Crippen MR) is 93.5 cm³/mol. The molecule has 0 spiro atoms. The van der Waals surface area contributed by atoms with Crippen LogP contribution in [0.25, 0.3) is 11.4 Å². The average molecular weight is 364 g/mol. The van der Waals surface area contributed by atoms with Gasteiger partial charge < -0.3 is 0 Å².